The minimum atomic E-state index is -0.736. The number of amides is 2. The van der Waals surface area contributed by atoms with Crippen LogP contribution in [0.1, 0.15) is 29.7 Å². The summed E-state index contributed by atoms with van der Waals surface area (Å²) in [5.41, 5.74) is 2.75. The third kappa shape index (κ3) is 6.34. The van der Waals surface area contributed by atoms with E-state index in [1.165, 1.54) is 6.92 Å². The molecule has 0 aliphatic heterocycles. The van der Waals surface area contributed by atoms with Gasteiger partial charge in [-0.15, -0.1) is 0 Å². The Labute approximate surface area is 194 Å². The number of nitrogens with zero attached hydrogens (tertiary/aromatic N) is 1. The molecule has 6 heteroatoms. The maximum atomic E-state index is 13.3. The van der Waals surface area contributed by atoms with Gasteiger partial charge in [0.2, 0.25) is 11.8 Å². The smallest absolute Gasteiger partial charge is 0.247 e. The van der Waals surface area contributed by atoms with Gasteiger partial charge >= 0.3 is 0 Å². The zero-order valence-electron chi connectivity index (χ0n) is 18.3. The van der Waals surface area contributed by atoms with Crippen molar-refractivity contribution in [3.05, 3.63) is 101 Å². The number of carbonyl (C=O) groups excluding carboxylic acids is 2. The Morgan fingerprint density at radius 2 is 1.56 bits per heavy atom. The first-order valence-electron chi connectivity index (χ1n) is 10.4. The van der Waals surface area contributed by atoms with E-state index in [0.29, 0.717) is 24.5 Å². The molecule has 0 unspecified atom stereocenters. The highest BCUT2D eigenvalue weighted by molar-refractivity contribution is 6.30. The highest BCUT2D eigenvalue weighted by Crippen LogP contribution is 2.24. The van der Waals surface area contributed by atoms with Crippen molar-refractivity contribution in [3.63, 3.8) is 0 Å². The Bertz CT molecular complexity index is 1020. The molecule has 0 spiro atoms. The van der Waals surface area contributed by atoms with Crippen molar-refractivity contribution in [2.45, 2.75) is 25.9 Å². The molecule has 0 aliphatic rings. The zero-order chi connectivity index (χ0) is 22.9. The van der Waals surface area contributed by atoms with E-state index in [1.54, 1.807) is 24.1 Å². The summed E-state index contributed by atoms with van der Waals surface area (Å²) in [6, 6.07) is 23.6. The van der Waals surface area contributed by atoms with Crippen molar-refractivity contribution in [1.82, 2.24) is 10.2 Å². The van der Waals surface area contributed by atoms with E-state index in [9.17, 15) is 9.59 Å². The molecule has 32 heavy (non-hydrogen) atoms. The molecule has 0 aliphatic carbocycles. The second kappa shape index (κ2) is 11.3. The SMILES string of the molecule is COc1ccc(CCNC(=O)[C@H](c2ccccc2)N(Cc2ccc(Cl)cc2)C(C)=O)cc1. The first-order valence-corrected chi connectivity index (χ1v) is 10.8. The van der Waals surface area contributed by atoms with Crippen LogP contribution in [0.5, 0.6) is 5.75 Å². The Morgan fingerprint density at radius 1 is 0.938 bits per heavy atom. The summed E-state index contributed by atoms with van der Waals surface area (Å²) in [7, 11) is 1.63. The van der Waals surface area contributed by atoms with Crippen molar-refractivity contribution in [2.75, 3.05) is 13.7 Å². The van der Waals surface area contributed by atoms with Gasteiger partial charge in [-0.2, -0.15) is 0 Å². The number of methoxy groups -OCH3 is 1. The van der Waals surface area contributed by atoms with E-state index in [4.69, 9.17) is 16.3 Å². The molecular formula is C26H27ClN2O3. The lowest BCUT2D eigenvalue weighted by atomic mass is 10.0. The molecule has 0 saturated carbocycles. The zero-order valence-corrected chi connectivity index (χ0v) is 19.0. The molecule has 2 amide bonds. The Hall–Kier alpha value is -3.31. The minimum absolute atomic E-state index is 0.181. The van der Waals surface area contributed by atoms with Gasteiger partial charge in [0.25, 0.3) is 0 Å². The average molecular weight is 451 g/mol. The second-order valence-electron chi connectivity index (χ2n) is 7.48. The molecule has 0 radical (unpaired) electrons. The van der Waals surface area contributed by atoms with Crippen LogP contribution in [-0.2, 0) is 22.6 Å². The van der Waals surface area contributed by atoms with Crippen molar-refractivity contribution >= 4 is 23.4 Å². The van der Waals surface area contributed by atoms with Crippen molar-refractivity contribution in [2.24, 2.45) is 0 Å². The monoisotopic (exact) mass is 450 g/mol. The summed E-state index contributed by atoms with van der Waals surface area (Å²) >= 11 is 5.99. The number of carbonyl (C=O) groups is 2. The molecule has 0 heterocycles. The van der Waals surface area contributed by atoms with Gasteiger partial charge in [-0.05, 0) is 47.4 Å². The second-order valence-corrected chi connectivity index (χ2v) is 7.91. The Morgan fingerprint density at radius 3 is 2.16 bits per heavy atom. The van der Waals surface area contributed by atoms with Crippen LogP contribution in [0.4, 0.5) is 0 Å². The van der Waals surface area contributed by atoms with Crippen LogP contribution in [0.3, 0.4) is 0 Å². The van der Waals surface area contributed by atoms with E-state index in [-0.39, 0.29) is 11.8 Å². The molecule has 0 aromatic heterocycles. The molecule has 1 atom stereocenters. The quantitative estimate of drug-likeness (QED) is 0.509. The van der Waals surface area contributed by atoms with E-state index in [2.05, 4.69) is 5.32 Å². The fourth-order valence-electron chi connectivity index (χ4n) is 3.50. The van der Waals surface area contributed by atoms with Gasteiger partial charge in [0.1, 0.15) is 11.8 Å². The van der Waals surface area contributed by atoms with Crippen LogP contribution in [-0.4, -0.2) is 30.4 Å². The summed E-state index contributed by atoms with van der Waals surface area (Å²) in [6.07, 6.45) is 0.675. The number of ether oxygens (including phenoxy) is 1. The number of benzene rings is 3. The molecule has 1 N–H and O–H groups in total. The predicted octanol–water partition coefficient (Wildman–Crippen LogP) is 4.80. The number of hydrogen-bond acceptors (Lipinski definition) is 3. The van der Waals surface area contributed by atoms with E-state index in [0.717, 1.165) is 22.4 Å². The van der Waals surface area contributed by atoms with E-state index < -0.39 is 6.04 Å². The number of hydrogen-bond donors (Lipinski definition) is 1. The molecule has 0 saturated heterocycles. The lowest BCUT2D eigenvalue weighted by molar-refractivity contribution is -0.140. The largest absolute Gasteiger partial charge is 0.497 e. The van der Waals surface area contributed by atoms with Gasteiger partial charge in [0, 0.05) is 25.0 Å². The minimum Gasteiger partial charge on any atom is -0.497 e. The molecular weight excluding hydrogens is 424 g/mol. The first kappa shape index (κ1) is 23.4. The Kier molecular flexibility index (Phi) is 8.28. The van der Waals surface area contributed by atoms with E-state index >= 15 is 0 Å². The van der Waals surface area contributed by atoms with Gasteiger partial charge in [-0.3, -0.25) is 9.59 Å². The summed E-state index contributed by atoms with van der Waals surface area (Å²) < 4.78 is 5.18. The summed E-state index contributed by atoms with van der Waals surface area (Å²) in [4.78, 5) is 27.5. The van der Waals surface area contributed by atoms with Crippen LogP contribution in [0.2, 0.25) is 5.02 Å². The van der Waals surface area contributed by atoms with Gasteiger partial charge < -0.3 is 15.0 Å². The van der Waals surface area contributed by atoms with Gasteiger partial charge in [0.15, 0.2) is 0 Å². The van der Waals surface area contributed by atoms with Gasteiger partial charge in [-0.1, -0.05) is 66.2 Å². The normalized spacial score (nSPS) is 11.5. The van der Waals surface area contributed by atoms with Crippen molar-refractivity contribution in [3.8, 4) is 5.75 Å². The fraction of sp³-hybridized carbons (Fsp3) is 0.231. The van der Waals surface area contributed by atoms with Crippen LogP contribution in [0, 0.1) is 0 Å². The molecule has 3 aromatic carbocycles. The van der Waals surface area contributed by atoms with Crippen molar-refractivity contribution < 1.29 is 14.3 Å². The number of halogens is 1. The molecule has 0 bridgehead atoms. The summed E-state index contributed by atoms with van der Waals surface area (Å²) in [5.74, 6) is 0.397. The maximum Gasteiger partial charge on any atom is 0.247 e. The van der Waals surface area contributed by atoms with Crippen LogP contribution < -0.4 is 10.1 Å². The predicted molar refractivity (Wildman–Crippen MR) is 127 cm³/mol. The molecule has 166 valence electrons. The molecule has 0 fully saturated rings. The van der Waals surface area contributed by atoms with Crippen LogP contribution >= 0.6 is 11.6 Å². The number of nitrogens with one attached hydrogen (secondary N) is 1. The topological polar surface area (TPSA) is 58.6 Å². The van der Waals surface area contributed by atoms with E-state index in [1.807, 2.05) is 66.7 Å². The molecule has 3 rings (SSSR count). The molecule has 5 nitrogen and oxygen atoms in total. The van der Waals surface area contributed by atoms with Crippen molar-refractivity contribution in [1.29, 1.82) is 0 Å². The third-order valence-electron chi connectivity index (χ3n) is 5.22. The standard InChI is InChI=1S/C26H27ClN2O3/c1-19(30)29(18-21-8-12-23(27)13-9-21)25(22-6-4-3-5-7-22)26(31)28-17-16-20-10-14-24(32-2)15-11-20/h3-15,25H,16-18H2,1-2H3,(H,28,31)/t25-/m0/s1. The van der Waals surface area contributed by atoms with Gasteiger partial charge in [-0.25, -0.2) is 0 Å². The summed E-state index contributed by atoms with van der Waals surface area (Å²) in [5, 5.41) is 3.63. The number of rotatable bonds is 9. The Balaban J connectivity index is 1.76. The third-order valence-corrected chi connectivity index (χ3v) is 5.47. The average Bonchev–Trinajstić information content (AvgIpc) is 2.81. The fourth-order valence-corrected chi connectivity index (χ4v) is 3.62. The molecule has 3 aromatic rings. The summed E-state index contributed by atoms with van der Waals surface area (Å²) in [6.45, 7) is 2.25. The van der Waals surface area contributed by atoms with Crippen LogP contribution in [0.25, 0.3) is 0 Å². The first-order chi connectivity index (χ1) is 15.5. The maximum absolute atomic E-state index is 13.3. The van der Waals surface area contributed by atoms with Crippen LogP contribution in [0.15, 0.2) is 78.9 Å². The van der Waals surface area contributed by atoms with Gasteiger partial charge in [0.05, 0.1) is 7.11 Å². The lowest BCUT2D eigenvalue weighted by Gasteiger charge is -2.30. The highest BCUT2D eigenvalue weighted by atomic mass is 35.5. The lowest BCUT2D eigenvalue weighted by Crippen LogP contribution is -2.43. The highest BCUT2D eigenvalue weighted by Gasteiger charge is 2.29.